The third-order valence-corrected chi connectivity index (χ3v) is 4.29. The number of ketones is 2. The molecule has 5 nitrogen and oxygen atoms in total. The lowest BCUT2D eigenvalue weighted by Gasteiger charge is -2.41. The summed E-state index contributed by atoms with van der Waals surface area (Å²) in [5.41, 5.74) is -6.33. The van der Waals surface area contributed by atoms with Crippen LogP contribution < -0.4 is 5.32 Å². The minimum absolute atomic E-state index is 0.425. The van der Waals surface area contributed by atoms with Crippen molar-refractivity contribution in [2.24, 2.45) is 5.92 Å². The molecular weight excluding hydrogens is 418 g/mol. The number of hydrogen-bond donors (Lipinski definition) is 1. The Labute approximate surface area is 166 Å². The molecule has 1 amide bonds. The van der Waals surface area contributed by atoms with E-state index in [1.165, 1.54) is 18.2 Å². The summed E-state index contributed by atoms with van der Waals surface area (Å²) in [5.74, 6) is -8.56. The van der Waals surface area contributed by atoms with E-state index in [0.29, 0.717) is 6.92 Å². The van der Waals surface area contributed by atoms with Gasteiger partial charge < -0.3 is 5.32 Å². The van der Waals surface area contributed by atoms with E-state index < -0.39 is 52.4 Å². The average Bonchev–Trinajstić information content (AvgIpc) is 2.66. The fraction of sp³-hybridized carbons (Fsp3) is 0.263. The van der Waals surface area contributed by atoms with Gasteiger partial charge in [-0.05, 0) is 19.1 Å². The molecule has 11 heteroatoms. The SMILES string of the molecule is CC(=O)C(C(=O)c1ccccc1)C(NC(=O)c1cccnc1)(C(F)(F)F)C(F)(F)F. The fourth-order valence-electron chi connectivity index (χ4n) is 2.91. The molecule has 0 saturated heterocycles. The van der Waals surface area contributed by atoms with Crippen LogP contribution in [0.15, 0.2) is 54.9 Å². The highest BCUT2D eigenvalue weighted by atomic mass is 19.4. The molecule has 0 aliphatic rings. The Kier molecular flexibility index (Phi) is 6.33. The summed E-state index contributed by atoms with van der Waals surface area (Å²) in [5, 5.41) is 0.888. The van der Waals surface area contributed by atoms with Crippen LogP contribution in [0.25, 0.3) is 0 Å². The number of amides is 1. The molecule has 0 spiro atoms. The predicted molar refractivity (Wildman–Crippen MR) is 91.5 cm³/mol. The first kappa shape index (κ1) is 23.0. The topological polar surface area (TPSA) is 76.1 Å². The van der Waals surface area contributed by atoms with Crippen LogP contribution >= 0.6 is 0 Å². The number of nitrogens with zero attached hydrogens (tertiary/aromatic N) is 1. The lowest BCUT2D eigenvalue weighted by molar-refractivity contribution is -0.311. The molecule has 30 heavy (non-hydrogen) atoms. The molecule has 1 N–H and O–H groups in total. The standard InChI is InChI=1S/C19H14F6N2O3/c1-11(28)14(15(29)12-6-3-2-4-7-12)17(18(20,21)22,19(23,24)25)27-16(30)13-8-5-9-26-10-13/h2-10,14H,1H3,(H,27,30). The normalized spacial score (nSPS) is 13.4. The molecule has 0 fully saturated rings. The van der Waals surface area contributed by atoms with Crippen LogP contribution in [0.5, 0.6) is 0 Å². The van der Waals surface area contributed by atoms with Crippen molar-refractivity contribution in [2.75, 3.05) is 0 Å². The van der Waals surface area contributed by atoms with E-state index in [-0.39, 0.29) is 0 Å². The molecule has 1 aromatic heterocycles. The largest absolute Gasteiger partial charge is 0.421 e. The van der Waals surface area contributed by atoms with Crippen LogP contribution in [0.4, 0.5) is 26.3 Å². The summed E-state index contributed by atoms with van der Waals surface area (Å²) in [4.78, 5) is 40.4. The summed E-state index contributed by atoms with van der Waals surface area (Å²) >= 11 is 0. The van der Waals surface area contributed by atoms with Gasteiger partial charge in [-0.1, -0.05) is 30.3 Å². The molecule has 160 valence electrons. The van der Waals surface area contributed by atoms with Gasteiger partial charge in [0, 0.05) is 18.0 Å². The summed E-state index contributed by atoms with van der Waals surface area (Å²) in [7, 11) is 0. The van der Waals surface area contributed by atoms with Gasteiger partial charge in [0.05, 0.1) is 5.56 Å². The second-order valence-electron chi connectivity index (χ2n) is 6.27. The van der Waals surface area contributed by atoms with E-state index in [1.807, 2.05) is 0 Å². The van der Waals surface area contributed by atoms with E-state index in [1.54, 1.807) is 0 Å². The predicted octanol–water partition coefficient (Wildman–Crippen LogP) is 3.76. The highest BCUT2D eigenvalue weighted by Crippen LogP contribution is 2.49. The molecule has 0 radical (unpaired) electrons. The maximum absolute atomic E-state index is 14.0. The minimum atomic E-state index is -6.25. The van der Waals surface area contributed by atoms with Crippen LogP contribution in [0.3, 0.4) is 0 Å². The Hall–Kier alpha value is -3.24. The van der Waals surface area contributed by atoms with Crippen molar-refractivity contribution in [1.29, 1.82) is 0 Å². The number of alkyl halides is 6. The van der Waals surface area contributed by atoms with Gasteiger partial charge in [0.15, 0.2) is 5.78 Å². The summed E-state index contributed by atoms with van der Waals surface area (Å²) < 4.78 is 83.9. The second-order valence-corrected chi connectivity index (χ2v) is 6.27. The third-order valence-electron chi connectivity index (χ3n) is 4.29. The average molecular weight is 432 g/mol. The maximum Gasteiger partial charge on any atom is 0.421 e. The molecule has 0 bridgehead atoms. The monoisotopic (exact) mass is 432 g/mol. The molecule has 2 rings (SSSR count). The first-order valence-corrected chi connectivity index (χ1v) is 8.28. The number of pyridine rings is 1. The van der Waals surface area contributed by atoms with Crippen LogP contribution in [-0.2, 0) is 4.79 Å². The van der Waals surface area contributed by atoms with Gasteiger partial charge in [-0.2, -0.15) is 26.3 Å². The number of carbonyl (C=O) groups is 3. The van der Waals surface area contributed by atoms with Gasteiger partial charge in [0.25, 0.3) is 5.91 Å². The number of hydrogen-bond acceptors (Lipinski definition) is 4. The molecule has 0 aliphatic carbocycles. The minimum Gasteiger partial charge on any atom is -0.329 e. The first-order valence-electron chi connectivity index (χ1n) is 8.28. The zero-order valence-corrected chi connectivity index (χ0v) is 15.2. The van der Waals surface area contributed by atoms with Crippen molar-refractivity contribution in [3.63, 3.8) is 0 Å². The van der Waals surface area contributed by atoms with Crippen molar-refractivity contribution in [1.82, 2.24) is 10.3 Å². The second kappa shape index (κ2) is 8.25. The number of carbonyl (C=O) groups excluding carboxylic acids is 3. The number of halogens is 6. The zero-order valence-electron chi connectivity index (χ0n) is 15.2. The summed E-state index contributed by atoms with van der Waals surface area (Å²) in [6.07, 6.45) is -10.6. The molecule has 2 aromatic rings. The smallest absolute Gasteiger partial charge is 0.329 e. The number of rotatable bonds is 6. The Morgan fingerprint density at radius 1 is 0.867 bits per heavy atom. The Balaban J connectivity index is 2.73. The number of benzene rings is 1. The van der Waals surface area contributed by atoms with E-state index in [2.05, 4.69) is 4.98 Å². The first-order chi connectivity index (χ1) is 13.8. The van der Waals surface area contributed by atoms with Gasteiger partial charge in [0.1, 0.15) is 11.7 Å². The van der Waals surface area contributed by atoms with Crippen LogP contribution in [0.2, 0.25) is 0 Å². The molecular formula is C19H14F6N2O3. The van der Waals surface area contributed by atoms with E-state index in [0.717, 1.165) is 42.0 Å². The Morgan fingerprint density at radius 2 is 1.40 bits per heavy atom. The van der Waals surface area contributed by atoms with Gasteiger partial charge in [0.2, 0.25) is 5.54 Å². The Morgan fingerprint density at radius 3 is 1.83 bits per heavy atom. The third kappa shape index (κ3) is 4.19. The zero-order chi connectivity index (χ0) is 22.7. The van der Waals surface area contributed by atoms with Crippen molar-refractivity contribution in [3.05, 3.63) is 66.0 Å². The van der Waals surface area contributed by atoms with Gasteiger partial charge in [-0.25, -0.2) is 0 Å². The highest BCUT2D eigenvalue weighted by Gasteiger charge is 2.77. The molecule has 1 atom stereocenters. The molecule has 0 aliphatic heterocycles. The number of Topliss-reactive ketones (excluding diaryl/α,β-unsaturated/α-hetero) is 2. The summed E-state index contributed by atoms with van der Waals surface area (Å²) in [6, 6.07) is 7.79. The van der Waals surface area contributed by atoms with Crippen molar-refractivity contribution in [3.8, 4) is 0 Å². The summed E-state index contributed by atoms with van der Waals surface area (Å²) in [6.45, 7) is 0.425. The Bertz CT molecular complexity index is 913. The number of nitrogens with one attached hydrogen (secondary N) is 1. The van der Waals surface area contributed by atoms with E-state index >= 15 is 0 Å². The maximum atomic E-state index is 14.0. The van der Waals surface area contributed by atoms with Crippen molar-refractivity contribution >= 4 is 17.5 Å². The van der Waals surface area contributed by atoms with Crippen molar-refractivity contribution < 1.29 is 40.7 Å². The quantitative estimate of drug-likeness (QED) is 0.429. The molecule has 0 saturated carbocycles. The van der Waals surface area contributed by atoms with Gasteiger partial charge >= 0.3 is 12.4 Å². The molecule has 1 unspecified atom stereocenters. The van der Waals surface area contributed by atoms with Gasteiger partial charge in [-0.15, -0.1) is 0 Å². The van der Waals surface area contributed by atoms with E-state index in [4.69, 9.17) is 0 Å². The lowest BCUT2D eigenvalue weighted by Crippen LogP contribution is -2.74. The fourth-order valence-corrected chi connectivity index (χ4v) is 2.91. The van der Waals surface area contributed by atoms with Crippen LogP contribution in [0.1, 0.15) is 27.6 Å². The van der Waals surface area contributed by atoms with E-state index in [9.17, 15) is 40.7 Å². The van der Waals surface area contributed by atoms with Crippen molar-refractivity contribution in [2.45, 2.75) is 24.8 Å². The van der Waals surface area contributed by atoms with Crippen LogP contribution in [-0.4, -0.2) is 40.3 Å². The molecule has 1 heterocycles. The number of aromatic nitrogens is 1. The van der Waals surface area contributed by atoms with Gasteiger partial charge in [-0.3, -0.25) is 19.4 Å². The molecule has 1 aromatic carbocycles. The van der Waals surface area contributed by atoms with Crippen LogP contribution in [0, 0.1) is 5.92 Å². The lowest BCUT2D eigenvalue weighted by atomic mass is 9.75. The highest BCUT2D eigenvalue weighted by molar-refractivity contribution is 6.12.